The lowest BCUT2D eigenvalue weighted by molar-refractivity contribution is 0.593. The third-order valence-corrected chi connectivity index (χ3v) is 3.42. The molecule has 0 spiro atoms. The molecule has 0 aliphatic rings. The summed E-state index contributed by atoms with van der Waals surface area (Å²) >= 11 is 5.28. The van der Waals surface area contributed by atoms with Crippen LogP contribution in [0.2, 0.25) is 0 Å². The molecular weight excluding hydrogens is 186 g/mol. The van der Waals surface area contributed by atoms with Crippen LogP contribution in [0.1, 0.15) is 12.8 Å². The van der Waals surface area contributed by atoms with Crippen LogP contribution in [0.4, 0.5) is 0 Å². The van der Waals surface area contributed by atoms with Gasteiger partial charge in [0.25, 0.3) is 0 Å². The van der Waals surface area contributed by atoms with E-state index in [1.54, 1.807) is 0 Å². The fourth-order valence-electron chi connectivity index (χ4n) is 0.667. The topological polar surface area (TPSA) is 57.9 Å². The van der Waals surface area contributed by atoms with Crippen LogP contribution in [0.15, 0.2) is 0 Å². The highest BCUT2D eigenvalue weighted by atomic mass is 35.5. The first-order valence-electron chi connectivity index (χ1n) is 3.53. The van der Waals surface area contributed by atoms with Crippen molar-refractivity contribution in [2.45, 2.75) is 12.8 Å². The number of unbranched alkanes of at least 4 members (excludes halogenated alkanes) is 1. The van der Waals surface area contributed by atoms with E-state index in [0.29, 0.717) is 19.4 Å². The fraction of sp³-hybridized carbons (Fsp3) is 1.00. The Morgan fingerprint density at radius 1 is 1.18 bits per heavy atom. The van der Waals surface area contributed by atoms with Crippen molar-refractivity contribution in [3.8, 4) is 0 Å². The van der Waals surface area contributed by atoms with Gasteiger partial charge in [-0.3, -0.25) is 5.73 Å². The molecule has 0 aromatic rings. The second kappa shape index (κ2) is 5.80. The molecule has 67 valence electrons. The minimum absolute atomic E-state index is 0.0621. The van der Waals surface area contributed by atoms with E-state index in [1.807, 2.05) is 0 Å². The molecular formula is C6H13ClNO2S. The van der Waals surface area contributed by atoms with Gasteiger partial charge < -0.3 is 0 Å². The summed E-state index contributed by atoms with van der Waals surface area (Å²) in [5.41, 5.74) is 6.79. The van der Waals surface area contributed by atoms with Crippen LogP contribution in [0.5, 0.6) is 0 Å². The summed E-state index contributed by atoms with van der Waals surface area (Å²) in [6.07, 6.45) is 1.24. The van der Waals surface area contributed by atoms with Crippen LogP contribution in [0.25, 0.3) is 0 Å². The lowest BCUT2D eigenvalue weighted by atomic mass is 10.3. The normalized spacial score (nSPS) is 11.8. The quantitative estimate of drug-likeness (QED) is 0.466. The summed E-state index contributed by atoms with van der Waals surface area (Å²) < 4.78 is 21.9. The highest BCUT2D eigenvalue weighted by Crippen LogP contribution is 1.97. The van der Waals surface area contributed by atoms with Gasteiger partial charge in [0.15, 0.2) is 9.84 Å². The Balaban J connectivity index is 3.56. The van der Waals surface area contributed by atoms with Gasteiger partial charge in [0.2, 0.25) is 0 Å². The first kappa shape index (κ1) is 11.2. The Kier molecular flexibility index (Phi) is 5.91. The molecule has 0 aromatic carbocycles. The average Bonchev–Trinajstić information content (AvgIpc) is 1.87. The number of nitrogens with one attached hydrogen (secondary N) is 1. The number of rotatable bonds is 6. The second-order valence-corrected chi connectivity index (χ2v) is 4.98. The molecule has 1 radical (unpaired) electrons. The van der Waals surface area contributed by atoms with E-state index in [1.165, 1.54) is 0 Å². The average molecular weight is 199 g/mol. The van der Waals surface area contributed by atoms with Crippen LogP contribution in [0.3, 0.4) is 0 Å². The van der Waals surface area contributed by atoms with Crippen molar-refractivity contribution >= 4 is 21.4 Å². The molecule has 3 nitrogen and oxygen atoms in total. The smallest absolute Gasteiger partial charge is 0.151 e. The predicted octanol–water partition coefficient (Wildman–Crippen LogP) is 0.703. The first-order chi connectivity index (χ1) is 5.12. The fourth-order valence-corrected chi connectivity index (χ4v) is 2.46. The summed E-state index contributed by atoms with van der Waals surface area (Å²) in [5, 5.41) is 0. The van der Waals surface area contributed by atoms with Gasteiger partial charge in [-0.25, -0.2) is 8.42 Å². The lowest BCUT2D eigenvalue weighted by Gasteiger charge is -1.99. The molecule has 0 saturated carbocycles. The zero-order valence-corrected chi connectivity index (χ0v) is 7.92. The van der Waals surface area contributed by atoms with Crippen molar-refractivity contribution in [1.29, 1.82) is 0 Å². The Hall–Kier alpha value is 0.200. The van der Waals surface area contributed by atoms with Crippen LogP contribution in [0, 0.1) is 0 Å². The molecule has 0 amide bonds. The summed E-state index contributed by atoms with van der Waals surface area (Å²) in [7, 11) is -2.92. The van der Waals surface area contributed by atoms with Crippen molar-refractivity contribution in [2.75, 3.05) is 23.9 Å². The molecule has 0 unspecified atom stereocenters. The van der Waals surface area contributed by atoms with E-state index in [4.69, 9.17) is 17.3 Å². The van der Waals surface area contributed by atoms with E-state index in [9.17, 15) is 8.42 Å². The molecule has 11 heavy (non-hydrogen) atoms. The summed E-state index contributed by atoms with van der Waals surface area (Å²) in [6, 6.07) is 0. The summed E-state index contributed by atoms with van der Waals surface area (Å²) in [4.78, 5) is 0. The first-order valence-corrected chi connectivity index (χ1v) is 5.89. The maximum atomic E-state index is 11.0. The molecule has 0 rings (SSSR count). The summed E-state index contributed by atoms with van der Waals surface area (Å²) in [5.74, 6) is 0.411. The molecule has 0 bridgehead atoms. The van der Waals surface area contributed by atoms with Crippen molar-refractivity contribution in [3.63, 3.8) is 0 Å². The van der Waals surface area contributed by atoms with Crippen molar-refractivity contribution in [3.05, 3.63) is 0 Å². The van der Waals surface area contributed by atoms with Crippen molar-refractivity contribution in [1.82, 2.24) is 5.73 Å². The van der Waals surface area contributed by atoms with Crippen LogP contribution >= 0.6 is 11.6 Å². The lowest BCUT2D eigenvalue weighted by Crippen LogP contribution is -2.12. The second-order valence-electron chi connectivity index (χ2n) is 2.30. The number of hydrogen-bond donors (Lipinski definition) is 0. The standard InChI is InChI=1S/C6H13ClNO2S/c7-3-6-11(9,10)5-2-1-4-8/h8H,1-6H2. The zero-order chi connectivity index (χ0) is 8.74. The van der Waals surface area contributed by atoms with Gasteiger partial charge in [0.1, 0.15) is 0 Å². The summed E-state index contributed by atoms with van der Waals surface area (Å²) in [6.45, 7) is 0.302. The van der Waals surface area contributed by atoms with Crippen molar-refractivity contribution in [2.24, 2.45) is 0 Å². The Labute approximate surface area is 72.8 Å². The molecule has 0 aromatic heterocycles. The maximum absolute atomic E-state index is 11.0. The van der Waals surface area contributed by atoms with E-state index >= 15 is 0 Å². The maximum Gasteiger partial charge on any atom is 0.151 e. The molecule has 0 atom stereocenters. The highest BCUT2D eigenvalue weighted by Gasteiger charge is 2.07. The van der Waals surface area contributed by atoms with Gasteiger partial charge >= 0.3 is 0 Å². The van der Waals surface area contributed by atoms with E-state index in [0.717, 1.165) is 0 Å². The molecule has 0 heterocycles. The Morgan fingerprint density at radius 2 is 1.82 bits per heavy atom. The molecule has 5 heteroatoms. The van der Waals surface area contributed by atoms with Crippen LogP contribution in [-0.2, 0) is 9.84 Å². The minimum Gasteiger partial charge on any atom is -0.258 e. The van der Waals surface area contributed by atoms with Gasteiger partial charge in [-0.2, -0.15) is 0 Å². The molecule has 0 saturated heterocycles. The Morgan fingerprint density at radius 3 is 2.27 bits per heavy atom. The number of sulfone groups is 1. The largest absolute Gasteiger partial charge is 0.258 e. The molecule has 1 N–H and O–H groups in total. The van der Waals surface area contributed by atoms with Gasteiger partial charge in [-0.1, -0.05) is 0 Å². The minimum atomic E-state index is -2.92. The SMILES string of the molecule is [NH]CCCCS(=O)(=O)CCCl. The third-order valence-electron chi connectivity index (χ3n) is 1.27. The van der Waals surface area contributed by atoms with Gasteiger partial charge in [-0.05, 0) is 12.8 Å². The zero-order valence-electron chi connectivity index (χ0n) is 6.35. The van der Waals surface area contributed by atoms with Gasteiger partial charge in [0.05, 0.1) is 11.5 Å². The molecule has 0 aliphatic carbocycles. The van der Waals surface area contributed by atoms with Crippen LogP contribution < -0.4 is 5.73 Å². The van der Waals surface area contributed by atoms with Crippen LogP contribution in [-0.4, -0.2) is 32.3 Å². The van der Waals surface area contributed by atoms with Crippen molar-refractivity contribution < 1.29 is 8.42 Å². The van der Waals surface area contributed by atoms with Gasteiger partial charge in [0, 0.05) is 12.4 Å². The van der Waals surface area contributed by atoms with E-state index in [2.05, 4.69) is 0 Å². The van der Waals surface area contributed by atoms with E-state index < -0.39 is 9.84 Å². The molecule has 0 fully saturated rings. The molecule has 0 aliphatic heterocycles. The third kappa shape index (κ3) is 6.59. The highest BCUT2D eigenvalue weighted by molar-refractivity contribution is 7.91. The van der Waals surface area contributed by atoms with E-state index in [-0.39, 0.29) is 17.4 Å². The van der Waals surface area contributed by atoms with Gasteiger partial charge in [-0.15, -0.1) is 11.6 Å². The predicted molar refractivity (Wildman–Crippen MR) is 46.6 cm³/mol. The number of hydrogen-bond acceptors (Lipinski definition) is 2. The monoisotopic (exact) mass is 198 g/mol. The number of alkyl halides is 1. The number of halogens is 1. The Bertz CT molecular complexity index is 179.